The fourth-order valence-electron chi connectivity index (χ4n) is 0.682. The summed E-state index contributed by atoms with van der Waals surface area (Å²) in [6.45, 7) is 1.98. The van der Waals surface area contributed by atoms with Gasteiger partial charge in [-0.25, -0.2) is 0 Å². The third-order valence-corrected chi connectivity index (χ3v) is 2.19. The van der Waals surface area contributed by atoms with Gasteiger partial charge < -0.3 is 0 Å². The van der Waals surface area contributed by atoms with Crippen molar-refractivity contribution in [3.05, 3.63) is 33.8 Å². The number of hydrogen-bond acceptors (Lipinski definition) is 1. The van der Waals surface area contributed by atoms with Crippen molar-refractivity contribution in [2.75, 3.05) is 0 Å². The van der Waals surface area contributed by atoms with Crippen molar-refractivity contribution in [3.8, 4) is 0 Å². The average Bonchev–Trinajstić information content (AvgIpc) is 1.95. The predicted molar refractivity (Wildman–Crippen MR) is 91.4 cm³/mol. The van der Waals surface area contributed by atoms with Crippen molar-refractivity contribution in [1.29, 1.82) is 0 Å². The number of benzene rings is 1. The molecule has 0 aliphatic carbocycles. The summed E-state index contributed by atoms with van der Waals surface area (Å²) in [5, 5.41) is 0. The van der Waals surface area contributed by atoms with Crippen molar-refractivity contribution in [1.82, 2.24) is 0 Å². The summed E-state index contributed by atoms with van der Waals surface area (Å²) in [6.07, 6.45) is 0.837. The highest BCUT2D eigenvalue weighted by Gasteiger charge is 1.94. The number of aryl methyl sites for hydroxylation is 1. The smallest absolute Gasteiger partial charge is 0.150 e. The SMILES string of the molecule is C.C.C.C.C.C.C.Cc1ccc(C=O)cc1Br. The second kappa shape index (κ2) is 20.7. The van der Waals surface area contributed by atoms with Crippen molar-refractivity contribution < 1.29 is 4.79 Å². The van der Waals surface area contributed by atoms with Crippen LogP contribution in [0.5, 0.6) is 0 Å². The minimum absolute atomic E-state index is 0. The maximum absolute atomic E-state index is 10.2. The average molecular weight is 311 g/mol. The molecule has 0 spiro atoms. The van der Waals surface area contributed by atoms with E-state index in [1.54, 1.807) is 6.07 Å². The number of aldehydes is 1. The van der Waals surface area contributed by atoms with Crippen LogP contribution in [0.25, 0.3) is 0 Å². The van der Waals surface area contributed by atoms with Crippen molar-refractivity contribution >= 4 is 22.2 Å². The van der Waals surface area contributed by atoms with Gasteiger partial charge in [0.2, 0.25) is 0 Å². The summed E-state index contributed by atoms with van der Waals surface area (Å²) in [5.74, 6) is 0. The van der Waals surface area contributed by atoms with Crippen LogP contribution in [0.4, 0.5) is 0 Å². The van der Waals surface area contributed by atoms with Gasteiger partial charge >= 0.3 is 0 Å². The Morgan fingerprint density at radius 2 is 1.35 bits per heavy atom. The molecular weight excluding hydrogens is 276 g/mol. The van der Waals surface area contributed by atoms with Gasteiger partial charge in [-0.05, 0) is 18.6 Å². The Labute approximate surface area is 120 Å². The van der Waals surface area contributed by atoms with E-state index in [0.29, 0.717) is 5.56 Å². The van der Waals surface area contributed by atoms with Crippen LogP contribution in [0.1, 0.15) is 67.9 Å². The minimum atomic E-state index is 0. The molecule has 1 nitrogen and oxygen atoms in total. The molecule has 1 aromatic carbocycles. The first kappa shape index (κ1) is 44.0. The molecule has 108 valence electrons. The molecule has 17 heavy (non-hydrogen) atoms. The summed E-state index contributed by atoms with van der Waals surface area (Å²) in [6, 6.07) is 5.52. The lowest BCUT2D eigenvalue weighted by Crippen LogP contribution is -1.80. The van der Waals surface area contributed by atoms with Gasteiger partial charge in [-0.3, -0.25) is 4.79 Å². The first-order chi connectivity index (χ1) is 4.74. The summed E-state index contributed by atoms with van der Waals surface area (Å²) in [4.78, 5) is 10.2. The van der Waals surface area contributed by atoms with Gasteiger partial charge in [0.25, 0.3) is 0 Å². The quantitative estimate of drug-likeness (QED) is 0.509. The number of carbonyl (C=O) groups is 1. The Kier molecular flexibility index (Phi) is 53.7. The Hall–Kier alpha value is -0.630. The van der Waals surface area contributed by atoms with Crippen LogP contribution in [0, 0.1) is 6.92 Å². The van der Waals surface area contributed by atoms with Crippen LogP contribution in [0.2, 0.25) is 0 Å². The molecule has 0 radical (unpaired) electrons. The van der Waals surface area contributed by atoms with E-state index < -0.39 is 0 Å². The number of hydrogen-bond donors (Lipinski definition) is 0. The second-order valence-electron chi connectivity index (χ2n) is 2.13. The first-order valence-corrected chi connectivity index (χ1v) is 3.74. The Morgan fingerprint density at radius 3 is 1.65 bits per heavy atom. The van der Waals surface area contributed by atoms with Gasteiger partial charge in [0, 0.05) is 10.0 Å². The van der Waals surface area contributed by atoms with Gasteiger partial charge in [-0.2, -0.15) is 0 Å². The number of rotatable bonds is 1. The molecule has 0 atom stereocenters. The van der Waals surface area contributed by atoms with Crippen LogP contribution >= 0.6 is 15.9 Å². The zero-order chi connectivity index (χ0) is 7.56. The van der Waals surface area contributed by atoms with Crippen LogP contribution in [-0.2, 0) is 0 Å². The topological polar surface area (TPSA) is 17.1 Å². The Balaban J connectivity index is -0.0000000286. The summed E-state index contributed by atoms with van der Waals surface area (Å²) in [5.41, 5.74) is 1.85. The fraction of sp³-hybridized carbons (Fsp3) is 0.533. The Morgan fingerprint density at radius 1 is 0.941 bits per heavy atom. The van der Waals surface area contributed by atoms with Gasteiger partial charge in [-0.1, -0.05) is 80.0 Å². The molecule has 0 aromatic heterocycles. The zero-order valence-corrected chi connectivity index (χ0v) is 7.18. The molecule has 0 saturated carbocycles. The highest BCUT2D eigenvalue weighted by Crippen LogP contribution is 2.16. The molecule has 0 unspecified atom stereocenters. The van der Waals surface area contributed by atoms with Crippen molar-refractivity contribution in [2.24, 2.45) is 0 Å². The van der Waals surface area contributed by atoms with E-state index in [0.717, 1.165) is 16.3 Å². The van der Waals surface area contributed by atoms with Gasteiger partial charge in [0.05, 0.1) is 0 Å². The fourth-order valence-corrected chi connectivity index (χ4v) is 1.08. The molecule has 0 saturated heterocycles. The first-order valence-electron chi connectivity index (χ1n) is 2.95. The molecule has 0 fully saturated rings. The molecule has 0 N–H and O–H groups in total. The molecule has 2 heteroatoms. The van der Waals surface area contributed by atoms with Gasteiger partial charge in [0.15, 0.2) is 0 Å². The Bertz CT molecular complexity index is 257. The highest BCUT2D eigenvalue weighted by atomic mass is 79.9. The van der Waals surface area contributed by atoms with E-state index in [2.05, 4.69) is 15.9 Å². The summed E-state index contributed by atoms with van der Waals surface area (Å²) >= 11 is 3.33. The van der Waals surface area contributed by atoms with Crippen molar-refractivity contribution in [3.63, 3.8) is 0 Å². The summed E-state index contributed by atoms with van der Waals surface area (Å²) in [7, 11) is 0. The molecule has 0 aliphatic heterocycles. The van der Waals surface area contributed by atoms with Crippen LogP contribution in [0.15, 0.2) is 22.7 Å². The molecule has 0 heterocycles. The standard InChI is InChI=1S/C8H7BrO.7CH4/c1-6-2-3-7(5-10)4-8(6)9;;;;;;;/h2-5H,1H3;7*1H4. The maximum atomic E-state index is 10.2. The highest BCUT2D eigenvalue weighted by molar-refractivity contribution is 9.10. The third-order valence-electron chi connectivity index (χ3n) is 1.33. The monoisotopic (exact) mass is 310 g/mol. The van der Waals surface area contributed by atoms with Crippen molar-refractivity contribution in [2.45, 2.75) is 58.9 Å². The van der Waals surface area contributed by atoms with Crippen LogP contribution in [0.3, 0.4) is 0 Å². The molecular formula is C15H35BrO. The third kappa shape index (κ3) is 13.3. The molecule has 1 aromatic rings. The lowest BCUT2D eigenvalue weighted by molar-refractivity contribution is 0.112. The predicted octanol–water partition coefficient (Wildman–Crippen LogP) is 7.02. The maximum Gasteiger partial charge on any atom is 0.150 e. The van der Waals surface area contributed by atoms with Gasteiger partial charge in [0.1, 0.15) is 6.29 Å². The lowest BCUT2D eigenvalue weighted by Gasteiger charge is -1.96. The largest absolute Gasteiger partial charge is 0.298 e. The van der Waals surface area contributed by atoms with Gasteiger partial charge in [-0.15, -0.1) is 0 Å². The van der Waals surface area contributed by atoms with Crippen LogP contribution in [-0.4, -0.2) is 6.29 Å². The van der Waals surface area contributed by atoms with E-state index in [1.165, 1.54) is 0 Å². The normalized spacial score (nSPS) is 5.53. The number of halogens is 1. The van der Waals surface area contributed by atoms with Crippen LogP contribution < -0.4 is 0 Å². The molecule has 0 amide bonds. The van der Waals surface area contributed by atoms with E-state index >= 15 is 0 Å². The van der Waals surface area contributed by atoms with E-state index in [4.69, 9.17) is 0 Å². The summed E-state index contributed by atoms with van der Waals surface area (Å²) < 4.78 is 0.983. The molecule has 1 rings (SSSR count). The van der Waals surface area contributed by atoms with E-state index in [-0.39, 0.29) is 52.0 Å². The molecule has 0 aliphatic rings. The number of carbonyl (C=O) groups excluding carboxylic acids is 1. The second-order valence-corrected chi connectivity index (χ2v) is 2.98. The lowest BCUT2D eigenvalue weighted by atomic mass is 10.2. The van der Waals surface area contributed by atoms with E-state index in [1.807, 2.05) is 19.1 Å². The zero-order valence-electron chi connectivity index (χ0n) is 5.60. The minimum Gasteiger partial charge on any atom is -0.298 e. The van der Waals surface area contributed by atoms with E-state index in [9.17, 15) is 4.79 Å². The molecule has 0 bridgehead atoms.